The van der Waals surface area contributed by atoms with Crippen LogP contribution in [-0.2, 0) is 28.8 Å². The molecule has 4 rings (SSSR count). The summed E-state index contributed by atoms with van der Waals surface area (Å²) in [5, 5.41) is 0. The maximum absolute atomic E-state index is 13.3. The van der Waals surface area contributed by atoms with Crippen molar-refractivity contribution in [3.05, 3.63) is 93.4 Å². The molecular formula is C28H34N4O3. The topological polar surface area (TPSA) is 78.5 Å². The molecule has 1 aliphatic heterocycles. The Labute approximate surface area is 206 Å². The maximum Gasteiger partial charge on any atom is 0.255 e. The Morgan fingerprint density at radius 1 is 0.943 bits per heavy atom. The van der Waals surface area contributed by atoms with Crippen LogP contribution in [0.15, 0.2) is 65.5 Å². The van der Waals surface area contributed by atoms with E-state index in [-0.39, 0.29) is 17.9 Å². The van der Waals surface area contributed by atoms with E-state index >= 15 is 0 Å². The lowest BCUT2D eigenvalue weighted by Gasteiger charge is -2.27. The van der Waals surface area contributed by atoms with Gasteiger partial charge >= 0.3 is 0 Å². The van der Waals surface area contributed by atoms with Gasteiger partial charge in [-0.2, -0.15) is 0 Å². The van der Waals surface area contributed by atoms with Crippen LogP contribution in [0.2, 0.25) is 0 Å². The summed E-state index contributed by atoms with van der Waals surface area (Å²) in [6.07, 6.45) is 2.27. The maximum atomic E-state index is 13.3. The lowest BCUT2D eigenvalue weighted by atomic mass is 10.1. The number of nitrogens with one attached hydrogen (secondary N) is 1. The number of aryl methyl sites for hydroxylation is 1. The van der Waals surface area contributed by atoms with Gasteiger partial charge in [0.15, 0.2) is 0 Å². The van der Waals surface area contributed by atoms with E-state index in [4.69, 9.17) is 4.74 Å². The second-order valence-electron chi connectivity index (χ2n) is 8.90. The summed E-state index contributed by atoms with van der Waals surface area (Å²) in [6.45, 7) is 5.82. The van der Waals surface area contributed by atoms with Crippen molar-refractivity contribution in [3.63, 3.8) is 0 Å². The SMILES string of the molecule is Cc1nc(N2CCOCC2)[nH]c(=O)c1CCC(=O)N(CCc1ccccc1)CCc1ccccc1. The molecule has 0 saturated carbocycles. The summed E-state index contributed by atoms with van der Waals surface area (Å²) in [5.41, 5.74) is 3.52. The van der Waals surface area contributed by atoms with E-state index < -0.39 is 0 Å². The predicted molar refractivity (Wildman–Crippen MR) is 138 cm³/mol. The quantitative estimate of drug-likeness (QED) is 0.488. The minimum Gasteiger partial charge on any atom is -0.378 e. The average molecular weight is 475 g/mol. The van der Waals surface area contributed by atoms with Gasteiger partial charge in [-0.15, -0.1) is 0 Å². The molecule has 3 aromatic rings. The number of carbonyl (C=O) groups is 1. The van der Waals surface area contributed by atoms with E-state index in [1.165, 1.54) is 11.1 Å². The number of anilines is 1. The van der Waals surface area contributed by atoms with E-state index in [0.717, 1.165) is 12.8 Å². The molecule has 7 heteroatoms. The Bertz CT molecular complexity index is 1100. The highest BCUT2D eigenvalue weighted by Gasteiger charge is 2.19. The summed E-state index contributed by atoms with van der Waals surface area (Å²) < 4.78 is 5.39. The molecule has 0 atom stereocenters. The molecule has 1 amide bonds. The first-order valence-corrected chi connectivity index (χ1v) is 12.4. The number of amides is 1. The van der Waals surface area contributed by atoms with Gasteiger partial charge in [-0.1, -0.05) is 60.7 Å². The fourth-order valence-corrected chi connectivity index (χ4v) is 4.38. The van der Waals surface area contributed by atoms with Gasteiger partial charge in [0.2, 0.25) is 11.9 Å². The zero-order valence-corrected chi connectivity index (χ0v) is 20.4. The molecule has 0 aliphatic carbocycles. The molecule has 184 valence electrons. The normalized spacial score (nSPS) is 13.6. The molecule has 0 spiro atoms. The van der Waals surface area contributed by atoms with Crippen molar-refractivity contribution >= 4 is 11.9 Å². The van der Waals surface area contributed by atoms with Crippen LogP contribution in [0.5, 0.6) is 0 Å². The monoisotopic (exact) mass is 474 g/mol. The third-order valence-electron chi connectivity index (χ3n) is 6.49. The van der Waals surface area contributed by atoms with Gasteiger partial charge in [-0.05, 0) is 37.3 Å². The number of morpholine rings is 1. The second-order valence-corrected chi connectivity index (χ2v) is 8.90. The summed E-state index contributed by atoms with van der Waals surface area (Å²) in [6, 6.07) is 20.4. The number of H-pyrrole nitrogens is 1. The smallest absolute Gasteiger partial charge is 0.255 e. The molecule has 1 aromatic heterocycles. The van der Waals surface area contributed by atoms with Gasteiger partial charge in [-0.3, -0.25) is 14.6 Å². The molecule has 1 saturated heterocycles. The van der Waals surface area contributed by atoms with Crippen LogP contribution in [0.1, 0.15) is 28.8 Å². The van der Waals surface area contributed by atoms with Crippen molar-refractivity contribution in [1.29, 1.82) is 0 Å². The minimum atomic E-state index is -0.160. The molecule has 2 aromatic carbocycles. The van der Waals surface area contributed by atoms with E-state index in [1.807, 2.05) is 53.1 Å². The Kier molecular flexibility index (Phi) is 8.68. The lowest BCUT2D eigenvalue weighted by Crippen LogP contribution is -2.39. The van der Waals surface area contributed by atoms with Crippen molar-refractivity contribution in [1.82, 2.24) is 14.9 Å². The molecule has 1 aliphatic rings. The van der Waals surface area contributed by atoms with Crippen LogP contribution >= 0.6 is 0 Å². The predicted octanol–water partition coefficient (Wildman–Crippen LogP) is 3.16. The Morgan fingerprint density at radius 3 is 2.06 bits per heavy atom. The van der Waals surface area contributed by atoms with E-state index in [0.29, 0.717) is 63.0 Å². The number of benzene rings is 2. The van der Waals surface area contributed by atoms with Crippen LogP contribution in [0.25, 0.3) is 0 Å². The Balaban J connectivity index is 1.41. The van der Waals surface area contributed by atoms with Gasteiger partial charge in [0, 0.05) is 43.9 Å². The molecule has 0 radical (unpaired) electrons. The number of aromatic amines is 1. The third-order valence-corrected chi connectivity index (χ3v) is 6.49. The van der Waals surface area contributed by atoms with Gasteiger partial charge < -0.3 is 14.5 Å². The molecule has 35 heavy (non-hydrogen) atoms. The van der Waals surface area contributed by atoms with Crippen LogP contribution in [0.3, 0.4) is 0 Å². The number of rotatable bonds is 10. The fraction of sp³-hybridized carbons (Fsp3) is 0.393. The zero-order chi connectivity index (χ0) is 24.5. The number of hydrogen-bond donors (Lipinski definition) is 1. The number of hydrogen-bond acceptors (Lipinski definition) is 5. The highest BCUT2D eigenvalue weighted by Crippen LogP contribution is 2.13. The minimum absolute atomic E-state index is 0.0629. The largest absolute Gasteiger partial charge is 0.378 e. The number of ether oxygens (including phenoxy) is 1. The summed E-state index contributed by atoms with van der Waals surface area (Å²) in [4.78, 5) is 37.6. The number of nitrogens with zero attached hydrogens (tertiary/aromatic N) is 3. The van der Waals surface area contributed by atoms with Crippen molar-refractivity contribution in [3.8, 4) is 0 Å². The van der Waals surface area contributed by atoms with Crippen molar-refractivity contribution in [2.24, 2.45) is 0 Å². The third kappa shape index (κ3) is 7.02. The van der Waals surface area contributed by atoms with Crippen LogP contribution < -0.4 is 10.5 Å². The summed E-state index contributed by atoms with van der Waals surface area (Å²) >= 11 is 0. The van der Waals surface area contributed by atoms with Crippen molar-refractivity contribution in [2.75, 3.05) is 44.3 Å². The summed E-state index contributed by atoms with van der Waals surface area (Å²) in [7, 11) is 0. The van der Waals surface area contributed by atoms with Gasteiger partial charge in [0.25, 0.3) is 5.56 Å². The Morgan fingerprint density at radius 2 is 1.51 bits per heavy atom. The van der Waals surface area contributed by atoms with Crippen LogP contribution in [-0.4, -0.2) is 60.2 Å². The van der Waals surface area contributed by atoms with E-state index in [9.17, 15) is 9.59 Å². The molecule has 0 unspecified atom stereocenters. The summed E-state index contributed by atoms with van der Waals surface area (Å²) in [5.74, 6) is 0.645. The Hall–Kier alpha value is -3.45. The fourth-order valence-electron chi connectivity index (χ4n) is 4.38. The molecular weight excluding hydrogens is 440 g/mol. The average Bonchev–Trinajstić information content (AvgIpc) is 2.89. The van der Waals surface area contributed by atoms with Crippen molar-refractivity contribution in [2.45, 2.75) is 32.6 Å². The second kappa shape index (κ2) is 12.3. The molecule has 1 N–H and O–H groups in total. The van der Waals surface area contributed by atoms with Gasteiger partial charge in [0.1, 0.15) is 0 Å². The number of aromatic nitrogens is 2. The van der Waals surface area contributed by atoms with E-state index in [2.05, 4.69) is 34.2 Å². The van der Waals surface area contributed by atoms with Crippen LogP contribution in [0, 0.1) is 6.92 Å². The first-order valence-electron chi connectivity index (χ1n) is 12.4. The molecule has 0 bridgehead atoms. The molecule has 7 nitrogen and oxygen atoms in total. The number of carbonyl (C=O) groups excluding carboxylic acids is 1. The van der Waals surface area contributed by atoms with Crippen LogP contribution in [0.4, 0.5) is 5.95 Å². The zero-order valence-electron chi connectivity index (χ0n) is 20.4. The highest BCUT2D eigenvalue weighted by molar-refractivity contribution is 5.76. The van der Waals surface area contributed by atoms with E-state index in [1.54, 1.807) is 0 Å². The lowest BCUT2D eigenvalue weighted by molar-refractivity contribution is -0.131. The van der Waals surface area contributed by atoms with Gasteiger partial charge in [-0.25, -0.2) is 4.98 Å². The molecule has 2 heterocycles. The highest BCUT2D eigenvalue weighted by atomic mass is 16.5. The van der Waals surface area contributed by atoms with Crippen molar-refractivity contribution < 1.29 is 9.53 Å². The first kappa shape index (κ1) is 24.7. The molecule has 1 fully saturated rings. The van der Waals surface area contributed by atoms with Gasteiger partial charge in [0.05, 0.1) is 13.2 Å². The first-order chi connectivity index (χ1) is 17.1. The standard InChI is InChI=1S/C28H34N4O3/c1-22-25(27(34)30-28(29-22)32-18-20-35-21-19-32)12-13-26(33)31(16-14-23-8-4-2-5-9-23)17-15-24-10-6-3-7-11-24/h2-11H,12-21H2,1H3,(H,29,30,34).